The first-order valence-electron chi connectivity index (χ1n) is 9.46. The summed E-state index contributed by atoms with van der Waals surface area (Å²) in [5.41, 5.74) is 6.49. The van der Waals surface area contributed by atoms with Crippen molar-refractivity contribution in [1.29, 1.82) is 0 Å². The van der Waals surface area contributed by atoms with E-state index in [9.17, 15) is 0 Å². The van der Waals surface area contributed by atoms with Gasteiger partial charge in [-0.05, 0) is 59.4 Å². The zero-order valence-corrected chi connectivity index (χ0v) is 18.6. The second kappa shape index (κ2) is 7.37. The summed E-state index contributed by atoms with van der Waals surface area (Å²) < 4.78 is 1.25. The van der Waals surface area contributed by atoms with Crippen molar-refractivity contribution in [3.63, 3.8) is 0 Å². The fourth-order valence-electron chi connectivity index (χ4n) is 3.61. The number of rotatable bonds is 3. The highest BCUT2D eigenvalue weighted by molar-refractivity contribution is 9.10. The number of hydrogen-bond acceptors (Lipinski definition) is 2. The average molecular weight is 438 g/mol. The fourth-order valence-corrected chi connectivity index (χ4v) is 5.81. The molecular weight excluding hydrogens is 414 g/mol. The van der Waals surface area contributed by atoms with Crippen molar-refractivity contribution in [2.45, 2.75) is 49.3 Å². The minimum absolute atomic E-state index is 0.460. The minimum Gasteiger partial charge on any atom is -0.308 e. The third-order valence-electron chi connectivity index (χ3n) is 5.05. The summed E-state index contributed by atoms with van der Waals surface area (Å²) in [6.07, 6.45) is 0. The Labute approximate surface area is 174 Å². The van der Waals surface area contributed by atoms with Crippen LogP contribution in [0.2, 0.25) is 0 Å². The lowest BCUT2D eigenvalue weighted by Gasteiger charge is -2.34. The van der Waals surface area contributed by atoms with E-state index in [0.717, 1.165) is 0 Å². The van der Waals surface area contributed by atoms with E-state index in [4.69, 9.17) is 0 Å². The van der Waals surface area contributed by atoms with Crippen molar-refractivity contribution in [1.82, 2.24) is 0 Å². The van der Waals surface area contributed by atoms with Crippen LogP contribution in [0.4, 0.5) is 17.1 Å². The summed E-state index contributed by atoms with van der Waals surface area (Å²) in [5, 5.41) is 0. The molecule has 0 atom stereocenters. The molecule has 4 rings (SSSR count). The second-order valence-electron chi connectivity index (χ2n) is 7.62. The van der Waals surface area contributed by atoms with Gasteiger partial charge in [-0.15, -0.1) is 0 Å². The zero-order chi connectivity index (χ0) is 19.1. The van der Waals surface area contributed by atoms with E-state index in [1.807, 2.05) is 11.8 Å². The number of halogens is 1. The van der Waals surface area contributed by atoms with Gasteiger partial charge >= 0.3 is 0 Å². The van der Waals surface area contributed by atoms with Crippen LogP contribution in [0, 0.1) is 0 Å². The monoisotopic (exact) mass is 437 g/mol. The predicted octanol–water partition coefficient (Wildman–Crippen LogP) is 8.63. The molecule has 1 aliphatic rings. The zero-order valence-electron chi connectivity index (χ0n) is 16.2. The van der Waals surface area contributed by atoms with Gasteiger partial charge in [-0.3, -0.25) is 0 Å². The van der Waals surface area contributed by atoms with Crippen molar-refractivity contribution in [3.05, 3.63) is 76.3 Å². The van der Waals surface area contributed by atoms with Gasteiger partial charge in [0.1, 0.15) is 0 Å². The molecule has 3 aromatic rings. The van der Waals surface area contributed by atoms with Gasteiger partial charge in [0.2, 0.25) is 0 Å². The Bertz CT molecular complexity index is 919. The first-order valence-corrected chi connectivity index (χ1v) is 11.1. The van der Waals surface area contributed by atoms with Gasteiger partial charge in [0.05, 0.1) is 11.4 Å². The highest BCUT2D eigenvalue weighted by Gasteiger charge is 2.26. The lowest BCUT2D eigenvalue weighted by molar-refractivity contribution is 0.823. The summed E-state index contributed by atoms with van der Waals surface area (Å²) in [6.45, 7) is 9.06. The molecule has 0 spiro atoms. The first-order chi connectivity index (χ1) is 13.0. The molecule has 0 amide bonds. The van der Waals surface area contributed by atoms with Crippen LogP contribution in [0.25, 0.3) is 0 Å². The highest BCUT2D eigenvalue weighted by Crippen LogP contribution is 2.52. The van der Waals surface area contributed by atoms with Crippen molar-refractivity contribution >= 4 is 44.8 Å². The maximum atomic E-state index is 3.88. The van der Waals surface area contributed by atoms with Crippen LogP contribution in [-0.2, 0) is 0 Å². The number of hydrogen-bond donors (Lipinski definition) is 0. The SMILES string of the molecule is CC(C)c1cc(N2c3ccccc3Sc3ccccc32)cc(C(C)C)c1Br. The summed E-state index contributed by atoms with van der Waals surface area (Å²) in [7, 11) is 0. The molecule has 0 radical (unpaired) electrons. The highest BCUT2D eigenvalue weighted by atomic mass is 79.9. The molecule has 1 heterocycles. The molecule has 138 valence electrons. The summed E-state index contributed by atoms with van der Waals surface area (Å²) >= 11 is 5.74. The van der Waals surface area contributed by atoms with Crippen LogP contribution in [-0.4, -0.2) is 0 Å². The molecule has 0 saturated heterocycles. The summed E-state index contributed by atoms with van der Waals surface area (Å²) in [6, 6.07) is 22.1. The number of fused-ring (bicyclic) bond motifs is 2. The third-order valence-corrected chi connectivity index (χ3v) is 7.09. The molecule has 0 aliphatic carbocycles. The van der Waals surface area contributed by atoms with Crippen LogP contribution < -0.4 is 4.90 Å². The van der Waals surface area contributed by atoms with Gasteiger partial charge in [0, 0.05) is 20.0 Å². The third kappa shape index (κ3) is 3.32. The van der Waals surface area contributed by atoms with Crippen LogP contribution in [0.15, 0.2) is 74.9 Å². The fraction of sp³-hybridized carbons (Fsp3) is 0.250. The van der Waals surface area contributed by atoms with E-state index in [1.54, 1.807) is 0 Å². The lowest BCUT2D eigenvalue weighted by atomic mass is 9.94. The number of benzene rings is 3. The van der Waals surface area contributed by atoms with Crippen molar-refractivity contribution in [3.8, 4) is 0 Å². The van der Waals surface area contributed by atoms with Gasteiger partial charge in [0.15, 0.2) is 0 Å². The molecule has 3 aromatic carbocycles. The average Bonchev–Trinajstić information content (AvgIpc) is 2.66. The Hall–Kier alpha value is -1.71. The second-order valence-corrected chi connectivity index (χ2v) is 9.50. The Balaban J connectivity index is 1.99. The molecule has 0 aromatic heterocycles. The van der Waals surface area contributed by atoms with E-state index in [-0.39, 0.29) is 0 Å². The standard InChI is InChI=1S/C24H24BrNS/c1-15(2)18-13-17(14-19(16(3)4)24(18)25)26-20-9-5-7-11-22(20)27-23-12-8-6-10-21(23)26/h5-16H,1-4H3. The van der Waals surface area contributed by atoms with Gasteiger partial charge in [0.25, 0.3) is 0 Å². The topological polar surface area (TPSA) is 3.24 Å². The summed E-state index contributed by atoms with van der Waals surface area (Å²) in [4.78, 5) is 5.03. The molecule has 1 nitrogen and oxygen atoms in total. The summed E-state index contributed by atoms with van der Waals surface area (Å²) in [5.74, 6) is 0.919. The molecule has 0 bridgehead atoms. The van der Waals surface area contributed by atoms with Crippen molar-refractivity contribution < 1.29 is 0 Å². The quantitative estimate of drug-likeness (QED) is 0.315. The maximum Gasteiger partial charge on any atom is 0.0601 e. The minimum atomic E-state index is 0.460. The van der Waals surface area contributed by atoms with E-state index in [0.29, 0.717) is 11.8 Å². The van der Waals surface area contributed by atoms with Crippen LogP contribution >= 0.6 is 27.7 Å². The smallest absolute Gasteiger partial charge is 0.0601 e. The molecule has 1 aliphatic heterocycles. The largest absolute Gasteiger partial charge is 0.308 e. The molecule has 0 N–H and O–H groups in total. The first kappa shape index (κ1) is 18.6. The van der Waals surface area contributed by atoms with Crippen molar-refractivity contribution in [2.75, 3.05) is 4.90 Å². The van der Waals surface area contributed by atoms with Crippen LogP contribution in [0.1, 0.15) is 50.7 Å². The Kier molecular flexibility index (Phi) is 5.09. The van der Waals surface area contributed by atoms with E-state index >= 15 is 0 Å². The lowest BCUT2D eigenvalue weighted by Crippen LogP contribution is -2.15. The Morgan fingerprint density at radius 2 is 1.19 bits per heavy atom. The van der Waals surface area contributed by atoms with Crippen LogP contribution in [0.5, 0.6) is 0 Å². The Morgan fingerprint density at radius 1 is 0.741 bits per heavy atom. The van der Waals surface area contributed by atoms with E-state index in [2.05, 4.69) is 109 Å². The molecular formula is C24H24BrNS. The number of anilines is 3. The predicted molar refractivity (Wildman–Crippen MR) is 121 cm³/mol. The molecule has 0 unspecified atom stereocenters. The molecule has 27 heavy (non-hydrogen) atoms. The number of para-hydroxylation sites is 2. The van der Waals surface area contributed by atoms with Gasteiger partial charge < -0.3 is 4.90 Å². The van der Waals surface area contributed by atoms with Gasteiger partial charge in [-0.25, -0.2) is 0 Å². The van der Waals surface area contributed by atoms with E-state index in [1.165, 1.54) is 42.5 Å². The molecule has 0 saturated carbocycles. The van der Waals surface area contributed by atoms with Crippen LogP contribution in [0.3, 0.4) is 0 Å². The Morgan fingerprint density at radius 3 is 1.63 bits per heavy atom. The van der Waals surface area contributed by atoms with Crippen molar-refractivity contribution in [2.24, 2.45) is 0 Å². The van der Waals surface area contributed by atoms with E-state index < -0.39 is 0 Å². The molecule has 0 fully saturated rings. The maximum absolute atomic E-state index is 3.88. The molecule has 3 heteroatoms. The van der Waals surface area contributed by atoms with Gasteiger partial charge in [-0.1, -0.05) is 79.7 Å². The van der Waals surface area contributed by atoms with Gasteiger partial charge in [-0.2, -0.15) is 0 Å². The number of nitrogens with zero attached hydrogens (tertiary/aromatic N) is 1. The normalized spacial score (nSPS) is 13.1.